The molecule has 0 unspecified atom stereocenters. The molecule has 0 heterocycles. The van der Waals surface area contributed by atoms with Gasteiger partial charge in [-0.1, -0.05) is 18.6 Å². The number of hydrogen-bond acceptors (Lipinski definition) is 3. The van der Waals surface area contributed by atoms with Crippen molar-refractivity contribution in [2.24, 2.45) is 0 Å². The minimum atomic E-state index is -0.412. The van der Waals surface area contributed by atoms with Gasteiger partial charge in [-0.05, 0) is 43.9 Å². The summed E-state index contributed by atoms with van der Waals surface area (Å²) in [4.78, 5) is 12.0. The van der Waals surface area contributed by atoms with Crippen LogP contribution in [0.25, 0.3) is 0 Å². The summed E-state index contributed by atoms with van der Waals surface area (Å²) >= 11 is 0. The van der Waals surface area contributed by atoms with Crippen molar-refractivity contribution in [3.63, 3.8) is 0 Å². The Morgan fingerprint density at radius 2 is 2.11 bits per heavy atom. The fourth-order valence-corrected chi connectivity index (χ4v) is 2.60. The quantitative estimate of drug-likeness (QED) is 0.768. The molecule has 0 atom stereocenters. The van der Waals surface area contributed by atoms with Crippen LogP contribution < -0.4 is 4.74 Å². The Bertz CT molecular complexity index is 447. The predicted octanol–water partition coefficient (Wildman–Crippen LogP) is 2.99. The van der Waals surface area contributed by atoms with Crippen molar-refractivity contribution in [3.05, 3.63) is 29.3 Å². The molecule has 1 aromatic carbocycles. The Morgan fingerprint density at radius 3 is 2.56 bits per heavy atom. The molecule has 0 aliphatic heterocycles. The van der Waals surface area contributed by atoms with Crippen LogP contribution in [0.4, 0.5) is 0 Å². The van der Waals surface area contributed by atoms with E-state index in [1.807, 2.05) is 26.0 Å². The number of ether oxygens (including phenoxy) is 2. The molecule has 3 heteroatoms. The summed E-state index contributed by atoms with van der Waals surface area (Å²) in [6, 6.07) is 6.01. The van der Waals surface area contributed by atoms with Gasteiger partial charge in [-0.25, -0.2) is 0 Å². The third-order valence-corrected chi connectivity index (χ3v) is 3.81. The fraction of sp³-hybridized carbons (Fsp3) is 0.533. The van der Waals surface area contributed by atoms with E-state index in [1.54, 1.807) is 0 Å². The first-order valence-corrected chi connectivity index (χ1v) is 6.46. The van der Waals surface area contributed by atoms with Crippen LogP contribution in [0.3, 0.4) is 0 Å². The van der Waals surface area contributed by atoms with Crippen LogP contribution in [0.5, 0.6) is 5.75 Å². The van der Waals surface area contributed by atoms with E-state index in [0.717, 1.165) is 36.1 Å². The molecule has 0 radical (unpaired) electrons. The molecule has 1 saturated carbocycles. The first-order valence-electron chi connectivity index (χ1n) is 6.46. The highest BCUT2D eigenvalue weighted by molar-refractivity contribution is 5.84. The Balaban J connectivity index is 2.33. The molecule has 0 N–H and O–H groups in total. The van der Waals surface area contributed by atoms with Crippen molar-refractivity contribution in [2.75, 3.05) is 13.7 Å². The molecule has 1 aromatic rings. The maximum atomic E-state index is 12.0. The molecule has 3 nitrogen and oxygen atoms in total. The predicted molar refractivity (Wildman–Crippen MR) is 69.9 cm³/mol. The molecule has 0 spiro atoms. The average molecular weight is 248 g/mol. The lowest BCUT2D eigenvalue weighted by Gasteiger charge is -2.39. The zero-order chi connectivity index (χ0) is 13.2. The second-order valence-electron chi connectivity index (χ2n) is 4.84. The van der Waals surface area contributed by atoms with Gasteiger partial charge in [0.05, 0.1) is 19.1 Å². The van der Waals surface area contributed by atoms with Crippen molar-refractivity contribution in [3.8, 4) is 5.75 Å². The highest BCUT2D eigenvalue weighted by Gasteiger charge is 2.46. The van der Waals surface area contributed by atoms with E-state index in [1.165, 1.54) is 7.11 Å². The van der Waals surface area contributed by atoms with Crippen LogP contribution in [0.1, 0.15) is 37.3 Å². The number of carbonyl (C=O) groups is 1. The van der Waals surface area contributed by atoms with Gasteiger partial charge >= 0.3 is 5.97 Å². The Morgan fingerprint density at radius 1 is 1.39 bits per heavy atom. The van der Waals surface area contributed by atoms with Gasteiger partial charge in [0.2, 0.25) is 0 Å². The number of rotatable bonds is 4. The number of hydrogen-bond donors (Lipinski definition) is 0. The van der Waals surface area contributed by atoms with Gasteiger partial charge in [-0.2, -0.15) is 0 Å². The summed E-state index contributed by atoms with van der Waals surface area (Å²) in [5.74, 6) is 0.776. The fourth-order valence-electron chi connectivity index (χ4n) is 2.60. The van der Waals surface area contributed by atoms with Gasteiger partial charge in [-0.3, -0.25) is 4.79 Å². The van der Waals surface area contributed by atoms with Gasteiger partial charge in [0.15, 0.2) is 0 Å². The number of aryl methyl sites for hydroxylation is 1. The van der Waals surface area contributed by atoms with Gasteiger partial charge in [0.1, 0.15) is 5.75 Å². The Kier molecular flexibility index (Phi) is 3.60. The third-order valence-electron chi connectivity index (χ3n) is 3.81. The summed E-state index contributed by atoms with van der Waals surface area (Å²) in [5, 5.41) is 0. The molecule has 98 valence electrons. The van der Waals surface area contributed by atoms with E-state index in [2.05, 4.69) is 6.07 Å². The molecule has 0 amide bonds. The van der Waals surface area contributed by atoms with E-state index in [0.29, 0.717) is 6.61 Å². The zero-order valence-electron chi connectivity index (χ0n) is 11.3. The molecule has 1 fully saturated rings. The van der Waals surface area contributed by atoms with Crippen LogP contribution in [0, 0.1) is 6.92 Å². The lowest BCUT2D eigenvalue weighted by atomic mass is 9.64. The summed E-state index contributed by atoms with van der Waals surface area (Å²) in [6.45, 7) is 4.63. The van der Waals surface area contributed by atoms with E-state index in [9.17, 15) is 4.79 Å². The van der Waals surface area contributed by atoms with Crippen molar-refractivity contribution in [1.29, 1.82) is 0 Å². The molecule has 1 aliphatic carbocycles. The molecule has 1 aliphatic rings. The normalized spacial score (nSPS) is 16.8. The minimum Gasteiger partial charge on any atom is -0.494 e. The SMILES string of the molecule is CCOc1ccc(C2(C(=O)OC)CCC2)cc1C. The second-order valence-corrected chi connectivity index (χ2v) is 4.84. The lowest BCUT2D eigenvalue weighted by molar-refractivity contribution is -0.151. The van der Waals surface area contributed by atoms with Gasteiger partial charge in [0.25, 0.3) is 0 Å². The van der Waals surface area contributed by atoms with Gasteiger partial charge in [0, 0.05) is 0 Å². The van der Waals surface area contributed by atoms with E-state index < -0.39 is 5.41 Å². The molecule has 0 bridgehead atoms. The molecule has 0 saturated heterocycles. The van der Waals surface area contributed by atoms with E-state index >= 15 is 0 Å². The summed E-state index contributed by atoms with van der Waals surface area (Å²) in [7, 11) is 1.46. The van der Waals surface area contributed by atoms with Crippen LogP contribution in [0.2, 0.25) is 0 Å². The van der Waals surface area contributed by atoms with Crippen LogP contribution in [-0.2, 0) is 14.9 Å². The van der Waals surface area contributed by atoms with Crippen molar-refractivity contribution in [1.82, 2.24) is 0 Å². The monoisotopic (exact) mass is 248 g/mol. The van der Waals surface area contributed by atoms with Gasteiger partial charge in [-0.15, -0.1) is 0 Å². The maximum Gasteiger partial charge on any atom is 0.316 e. The molecular weight excluding hydrogens is 228 g/mol. The highest BCUT2D eigenvalue weighted by atomic mass is 16.5. The topological polar surface area (TPSA) is 35.5 Å². The summed E-state index contributed by atoms with van der Waals surface area (Å²) < 4.78 is 10.5. The van der Waals surface area contributed by atoms with E-state index in [-0.39, 0.29) is 5.97 Å². The standard InChI is InChI=1S/C15H20O3/c1-4-18-13-7-6-12(10-11(13)2)15(8-5-9-15)14(16)17-3/h6-7,10H,4-5,8-9H2,1-3H3. The molecule has 2 rings (SSSR count). The highest BCUT2D eigenvalue weighted by Crippen LogP contribution is 2.45. The van der Waals surface area contributed by atoms with Crippen LogP contribution in [0.15, 0.2) is 18.2 Å². The largest absolute Gasteiger partial charge is 0.494 e. The third kappa shape index (κ3) is 1.98. The second kappa shape index (κ2) is 5.01. The smallest absolute Gasteiger partial charge is 0.316 e. The van der Waals surface area contributed by atoms with Crippen LogP contribution >= 0.6 is 0 Å². The number of benzene rings is 1. The first-order chi connectivity index (χ1) is 8.64. The lowest BCUT2D eigenvalue weighted by Crippen LogP contribution is -2.43. The molecule has 18 heavy (non-hydrogen) atoms. The molecule has 0 aromatic heterocycles. The number of methoxy groups -OCH3 is 1. The van der Waals surface area contributed by atoms with E-state index in [4.69, 9.17) is 9.47 Å². The number of esters is 1. The Labute approximate surface area is 108 Å². The molecular formula is C15H20O3. The number of carbonyl (C=O) groups excluding carboxylic acids is 1. The average Bonchev–Trinajstić information content (AvgIpc) is 2.31. The zero-order valence-corrected chi connectivity index (χ0v) is 11.3. The summed E-state index contributed by atoms with van der Waals surface area (Å²) in [5.41, 5.74) is 1.72. The van der Waals surface area contributed by atoms with Gasteiger partial charge < -0.3 is 9.47 Å². The van der Waals surface area contributed by atoms with Crippen LogP contribution in [-0.4, -0.2) is 19.7 Å². The van der Waals surface area contributed by atoms with Crippen molar-refractivity contribution >= 4 is 5.97 Å². The Hall–Kier alpha value is -1.51. The minimum absolute atomic E-state index is 0.114. The summed E-state index contributed by atoms with van der Waals surface area (Å²) in [6.07, 6.45) is 2.85. The van der Waals surface area contributed by atoms with Crippen molar-refractivity contribution < 1.29 is 14.3 Å². The van der Waals surface area contributed by atoms with Crippen molar-refractivity contribution in [2.45, 2.75) is 38.5 Å². The maximum absolute atomic E-state index is 12.0. The first kappa shape index (κ1) is 12.9.